The van der Waals surface area contributed by atoms with Crippen LogP contribution in [0.2, 0.25) is 0 Å². The molecule has 9 heteroatoms. The lowest BCUT2D eigenvalue weighted by atomic mass is 10.2. The van der Waals surface area contributed by atoms with Gasteiger partial charge in [-0.3, -0.25) is 9.48 Å². The van der Waals surface area contributed by atoms with Crippen LogP contribution in [-0.2, 0) is 21.9 Å². The molecule has 0 aromatic carbocycles. The maximum absolute atomic E-state index is 12.2. The molecule has 2 rings (SSSR count). The Balaban J connectivity index is 2.38. The lowest BCUT2D eigenvalue weighted by molar-refractivity contribution is -0.140. The summed E-state index contributed by atoms with van der Waals surface area (Å²) in [4.78, 5) is 10.9. The molecule has 2 atom stereocenters. The molecular formula is C9H13N3O5S. The van der Waals surface area contributed by atoms with Gasteiger partial charge >= 0.3 is 5.97 Å². The van der Waals surface area contributed by atoms with Crippen molar-refractivity contribution < 1.29 is 23.4 Å². The van der Waals surface area contributed by atoms with Gasteiger partial charge in [0.2, 0.25) is 10.0 Å². The summed E-state index contributed by atoms with van der Waals surface area (Å²) in [5.41, 5.74) is 0. The number of aromatic nitrogens is 2. The number of aliphatic hydroxyl groups excluding tert-OH is 1. The topological polar surface area (TPSA) is 113 Å². The van der Waals surface area contributed by atoms with Crippen LogP contribution in [0.25, 0.3) is 0 Å². The normalized spacial score (nSPS) is 25.4. The van der Waals surface area contributed by atoms with Crippen molar-refractivity contribution >= 4 is 16.0 Å². The van der Waals surface area contributed by atoms with Crippen LogP contribution in [0.5, 0.6) is 0 Å². The average Bonchev–Trinajstić information content (AvgIpc) is 2.84. The lowest BCUT2D eigenvalue weighted by Gasteiger charge is -2.19. The van der Waals surface area contributed by atoms with Crippen molar-refractivity contribution in [2.24, 2.45) is 7.05 Å². The Morgan fingerprint density at radius 3 is 2.72 bits per heavy atom. The summed E-state index contributed by atoms with van der Waals surface area (Å²) in [7, 11) is -2.37. The van der Waals surface area contributed by atoms with Gasteiger partial charge in [0.15, 0.2) is 0 Å². The van der Waals surface area contributed by atoms with E-state index in [9.17, 15) is 18.3 Å². The van der Waals surface area contributed by atoms with Crippen LogP contribution in [-0.4, -0.2) is 57.4 Å². The van der Waals surface area contributed by atoms with Gasteiger partial charge in [-0.2, -0.15) is 9.40 Å². The van der Waals surface area contributed by atoms with Crippen LogP contribution in [0.4, 0.5) is 0 Å². The van der Waals surface area contributed by atoms with E-state index in [0.717, 1.165) is 10.5 Å². The van der Waals surface area contributed by atoms with Gasteiger partial charge in [0, 0.05) is 26.2 Å². The molecule has 1 fully saturated rings. The van der Waals surface area contributed by atoms with Gasteiger partial charge in [0.25, 0.3) is 0 Å². The molecule has 0 aliphatic carbocycles. The van der Waals surface area contributed by atoms with Crippen LogP contribution in [0.15, 0.2) is 17.3 Å². The molecular weight excluding hydrogens is 262 g/mol. The molecule has 0 amide bonds. The van der Waals surface area contributed by atoms with E-state index in [1.165, 1.54) is 10.9 Å². The number of carboxylic acids is 1. The molecule has 0 saturated carbocycles. The molecule has 1 aliphatic heterocycles. The number of aliphatic hydroxyl groups is 1. The number of rotatable bonds is 3. The van der Waals surface area contributed by atoms with Crippen molar-refractivity contribution in [2.75, 3.05) is 6.54 Å². The first-order valence-electron chi connectivity index (χ1n) is 5.23. The molecule has 0 radical (unpaired) electrons. The van der Waals surface area contributed by atoms with Gasteiger partial charge in [-0.05, 0) is 0 Å². The van der Waals surface area contributed by atoms with E-state index in [1.807, 2.05) is 0 Å². The van der Waals surface area contributed by atoms with Crippen LogP contribution in [0, 0.1) is 0 Å². The molecule has 100 valence electrons. The van der Waals surface area contributed by atoms with E-state index in [-0.39, 0.29) is 17.9 Å². The highest BCUT2D eigenvalue weighted by Gasteiger charge is 2.43. The van der Waals surface area contributed by atoms with Gasteiger partial charge in [-0.15, -0.1) is 0 Å². The molecule has 1 aromatic rings. The summed E-state index contributed by atoms with van der Waals surface area (Å²) >= 11 is 0. The Kier molecular flexibility index (Phi) is 3.13. The summed E-state index contributed by atoms with van der Waals surface area (Å²) in [6.45, 7) is -0.214. The standard InChI is InChI=1S/C9H13N3O5S/c1-11-5-7(3-10-11)18(16,17)12-4-6(13)2-8(12)9(14)15/h3,5-6,8,13H,2,4H2,1H3,(H,14,15)/t6-,8-/m1/s1. The molecule has 0 unspecified atom stereocenters. The number of sulfonamides is 1. The molecule has 18 heavy (non-hydrogen) atoms. The quantitative estimate of drug-likeness (QED) is 0.703. The highest BCUT2D eigenvalue weighted by Crippen LogP contribution is 2.26. The predicted octanol–water partition coefficient (Wildman–Crippen LogP) is -1.37. The number of β-amino-alcohol motifs (C(OH)–C–C–N with tert-alkyl or cyclic N) is 1. The second kappa shape index (κ2) is 4.34. The summed E-state index contributed by atoms with van der Waals surface area (Å²) in [6, 6.07) is -1.23. The molecule has 0 spiro atoms. The summed E-state index contributed by atoms with van der Waals surface area (Å²) in [5.74, 6) is -1.26. The molecule has 1 saturated heterocycles. The smallest absolute Gasteiger partial charge is 0.322 e. The lowest BCUT2D eigenvalue weighted by Crippen LogP contribution is -2.40. The molecule has 1 aromatic heterocycles. The second-order valence-corrected chi connectivity index (χ2v) is 6.06. The predicted molar refractivity (Wildman–Crippen MR) is 59.1 cm³/mol. The first-order valence-corrected chi connectivity index (χ1v) is 6.67. The van der Waals surface area contributed by atoms with E-state index in [0.29, 0.717) is 0 Å². The summed E-state index contributed by atoms with van der Waals surface area (Å²) < 4.78 is 26.5. The van der Waals surface area contributed by atoms with E-state index in [1.54, 1.807) is 7.05 Å². The fourth-order valence-corrected chi connectivity index (χ4v) is 3.56. The highest BCUT2D eigenvalue weighted by atomic mass is 32.2. The van der Waals surface area contributed by atoms with Crippen molar-refractivity contribution in [3.63, 3.8) is 0 Å². The van der Waals surface area contributed by atoms with Crippen LogP contribution < -0.4 is 0 Å². The van der Waals surface area contributed by atoms with Crippen molar-refractivity contribution in [2.45, 2.75) is 23.5 Å². The third-order valence-electron chi connectivity index (χ3n) is 2.81. The summed E-state index contributed by atoms with van der Waals surface area (Å²) in [6.07, 6.45) is 1.38. The minimum Gasteiger partial charge on any atom is -0.480 e. The fourth-order valence-electron chi connectivity index (χ4n) is 1.94. The second-order valence-electron chi connectivity index (χ2n) is 4.17. The Morgan fingerprint density at radius 2 is 2.22 bits per heavy atom. The number of hydrogen-bond acceptors (Lipinski definition) is 5. The van der Waals surface area contributed by atoms with Crippen LogP contribution in [0.3, 0.4) is 0 Å². The van der Waals surface area contributed by atoms with Gasteiger partial charge in [0.1, 0.15) is 10.9 Å². The number of aliphatic carboxylic acids is 1. The largest absolute Gasteiger partial charge is 0.480 e. The molecule has 8 nitrogen and oxygen atoms in total. The maximum Gasteiger partial charge on any atom is 0.322 e. The van der Waals surface area contributed by atoms with Crippen molar-refractivity contribution in [1.82, 2.24) is 14.1 Å². The molecule has 1 aliphatic rings. The van der Waals surface area contributed by atoms with Gasteiger partial charge in [-0.25, -0.2) is 8.42 Å². The Morgan fingerprint density at radius 1 is 1.56 bits per heavy atom. The Labute approximate surface area is 103 Å². The van der Waals surface area contributed by atoms with E-state index < -0.39 is 28.1 Å². The average molecular weight is 275 g/mol. The van der Waals surface area contributed by atoms with Crippen molar-refractivity contribution in [1.29, 1.82) is 0 Å². The number of aryl methyl sites for hydroxylation is 1. The van der Waals surface area contributed by atoms with Crippen LogP contribution in [0.1, 0.15) is 6.42 Å². The van der Waals surface area contributed by atoms with Crippen LogP contribution >= 0.6 is 0 Å². The monoisotopic (exact) mass is 275 g/mol. The number of hydrogen-bond donors (Lipinski definition) is 2. The SMILES string of the molecule is Cn1cc(S(=O)(=O)N2C[C@H](O)C[C@@H]2C(=O)O)cn1. The first kappa shape index (κ1) is 13.0. The van der Waals surface area contributed by atoms with Gasteiger partial charge in [0.05, 0.1) is 12.3 Å². The number of carboxylic acid groups (broad SMARTS) is 1. The highest BCUT2D eigenvalue weighted by molar-refractivity contribution is 7.89. The zero-order valence-electron chi connectivity index (χ0n) is 9.59. The molecule has 2 N–H and O–H groups in total. The third kappa shape index (κ3) is 2.11. The fraction of sp³-hybridized carbons (Fsp3) is 0.556. The first-order chi connectivity index (χ1) is 8.32. The van der Waals surface area contributed by atoms with Crippen molar-refractivity contribution in [3.8, 4) is 0 Å². The maximum atomic E-state index is 12.2. The minimum atomic E-state index is -3.94. The third-order valence-corrected chi connectivity index (χ3v) is 4.63. The van der Waals surface area contributed by atoms with E-state index >= 15 is 0 Å². The zero-order chi connectivity index (χ0) is 13.5. The van der Waals surface area contributed by atoms with E-state index in [2.05, 4.69) is 5.10 Å². The number of nitrogens with zero attached hydrogens (tertiary/aromatic N) is 3. The zero-order valence-corrected chi connectivity index (χ0v) is 10.4. The van der Waals surface area contributed by atoms with Gasteiger partial charge < -0.3 is 10.2 Å². The minimum absolute atomic E-state index is 0.0784. The molecule has 2 heterocycles. The van der Waals surface area contributed by atoms with E-state index in [4.69, 9.17) is 5.11 Å². The van der Waals surface area contributed by atoms with Crippen molar-refractivity contribution in [3.05, 3.63) is 12.4 Å². The number of carbonyl (C=O) groups is 1. The molecule has 0 bridgehead atoms. The Bertz CT molecular complexity index is 567. The summed E-state index contributed by atoms with van der Waals surface area (Å²) in [5, 5.41) is 22.2. The van der Waals surface area contributed by atoms with Gasteiger partial charge in [-0.1, -0.05) is 0 Å². The Hall–Kier alpha value is -1.45.